The van der Waals surface area contributed by atoms with Crippen LogP contribution in [0.5, 0.6) is 0 Å². The lowest BCUT2D eigenvalue weighted by molar-refractivity contribution is 0.915. The van der Waals surface area contributed by atoms with Crippen LogP contribution in [-0.2, 0) is 11.9 Å². The van der Waals surface area contributed by atoms with E-state index in [1.54, 1.807) is 6.20 Å². The van der Waals surface area contributed by atoms with Crippen LogP contribution in [0.3, 0.4) is 0 Å². The minimum absolute atomic E-state index is 0.776. The second-order valence-corrected chi connectivity index (χ2v) is 5.10. The molecule has 0 aliphatic heterocycles. The molecule has 4 heteroatoms. The third kappa shape index (κ3) is 3.24. The number of pyridine rings is 1. The first-order chi connectivity index (χ1) is 8.70. The lowest BCUT2D eigenvalue weighted by atomic mass is 10.2. The molecule has 0 spiro atoms. The van der Waals surface area contributed by atoms with Crippen LogP contribution in [0.25, 0.3) is 0 Å². The van der Waals surface area contributed by atoms with Crippen molar-refractivity contribution in [2.75, 3.05) is 11.9 Å². The van der Waals surface area contributed by atoms with Crippen molar-refractivity contribution < 1.29 is 0 Å². The van der Waals surface area contributed by atoms with E-state index in [-0.39, 0.29) is 0 Å². The van der Waals surface area contributed by atoms with E-state index in [4.69, 9.17) is 11.6 Å². The quantitative estimate of drug-likeness (QED) is 0.781. The topological polar surface area (TPSA) is 16.1 Å². The van der Waals surface area contributed by atoms with E-state index in [9.17, 15) is 0 Å². The zero-order chi connectivity index (χ0) is 13.0. The molecule has 0 atom stereocenters. The van der Waals surface area contributed by atoms with Gasteiger partial charge in [-0.3, -0.25) is 4.98 Å². The average molecular weight is 326 g/mol. The van der Waals surface area contributed by atoms with Crippen LogP contribution in [-0.4, -0.2) is 12.0 Å². The molecular formula is C14H14BrClN2. The van der Waals surface area contributed by atoms with Crippen molar-refractivity contribution >= 4 is 33.2 Å². The summed E-state index contributed by atoms with van der Waals surface area (Å²) in [6.45, 7) is 0.793. The molecule has 0 aliphatic carbocycles. The summed E-state index contributed by atoms with van der Waals surface area (Å²) in [5, 5.41) is 1.60. The van der Waals surface area contributed by atoms with E-state index in [0.717, 1.165) is 22.6 Å². The Morgan fingerprint density at radius 3 is 2.72 bits per heavy atom. The van der Waals surface area contributed by atoms with Crippen LogP contribution in [0, 0.1) is 0 Å². The summed E-state index contributed by atoms with van der Waals surface area (Å²) in [6.07, 6.45) is 3.65. The minimum atomic E-state index is 0.776. The van der Waals surface area contributed by atoms with E-state index in [2.05, 4.69) is 44.0 Å². The number of aromatic nitrogens is 1. The molecule has 94 valence electrons. The predicted octanol–water partition coefficient (Wildman–Crippen LogP) is 4.27. The summed E-state index contributed by atoms with van der Waals surface area (Å²) in [5.74, 6) is 0. The number of nitrogens with zero attached hydrogens (tertiary/aromatic N) is 2. The van der Waals surface area contributed by atoms with Crippen LogP contribution < -0.4 is 4.90 Å². The second kappa shape index (κ2) is 6.21. The standard InChI is InChI=1S/C14H14BrClN2/c1-18(10-12-3-2-6-17-9-12)14-5-4-11(8-15)7-13(14)16/h2-7,9H,8,10H2,1H3. The Hall–Kier alpha value is -1.06. The molecule has 0 fully saturated rings. The van der Waals surface area contributed by atoms with E-state index >= 15 is 0 Å². The summed E-state index contributed by atoms with van der Waals surface area (Å²) in [5.41, 5.74) is 3.38. The summed E-state index contributed by atoms with van der Waals surface area (Å²) >= 11 is 9.72. The molecule has 1 aromatic carbocycles. The summed E-state index contributed by atoms with van der Waals surface area (Å²) in [4.78, 5) is 6.24. The Kier molecular flexibility index (Phi) is 4.61. The molecule has 0 radical (unpaired) electrons. The Bertz CT molecular complexity index is 516. The number of alkyl halides is 1. The number of hydrogen-bond acceptors (Lipinski definition) is 2. The maximum Gasteiger partial charge on any atom is 0.0642 e. The van der Waals surface area contributed by atoms with Crippen molar-refractivity contribution in [2.45, 2.75) is 11.9 Å². The Balaban J connectivity index is 2.16. The number of rotatable bonds is 4. The van der Waals surface area contributed by atoms with Crippen molar-refractivity contribution in [3.8, 4) is 0 Å². The van der Waals surface area contributed by atoms with Crippen LogP contribution >= 0.6 is 27.5 Å². The van der Waals surface area contributed by atoms with Gasteiger partial charge in [-0.05, 0) is 29.3 Å². The second-order valence-electron chi connectivity index (χ2n) is 4.14. The van der Waals surface area contributed by atoms with Gasteiger partial charge in [-0.25, -0.2) is 0 Å². The fourth-order valence-electron chi connectivity index (χ4n) is 1.79. The van der Waals surface area contributed by atoms with Crippen molar-refractivity contribution in [2.24, 2.45) is 0 Å². The fourth-order valence-corrected chi connectivity index (χ4v) is 2.49. The molecule has 1 heterocycles. The number of halogens is 2. The monoisotopic (exact) mass is 324 g/mol. The van der Waals surface area contributed by atoms with Gasteiger partial charge in [0.2, 0.25) is 0 Å². The predicted molar refractivity (Wildman–Crippen MR) is 80.4 cm³/mol. The highest BCUT2D eigenvalue weighted by molar-refractivity contribution is 9.08. The third-order valence-corrected chi connectivity index (χ3v) is 3.67. The lowest BCUT2D eigenvalue weighted by Crippen LogP contribution is -2.16. The van der Waals surface area contributed by atoms with Gasteiger partial charge in [0.25, 0.3) is 0 Å². The van der Waals surface area contributed by atoms with E-state index in [1.807, 2.05) is 25.4 Å². The van der Waals surface area contributed by atoms with Gasteiger partial charge in [-0.15, -0.1) is 0 Å². The first kappa shape index (κ1) is 13.4. The van der Waals surface area contributed by atoms with Gasteiger partial charge in [0, 0.05) is 31.3 Å². The normalized spacial score (nSPS) is 10.4. The van der Waals surface area contributed by atoms with Gasteiger partial charge in [-0.2, -0.15) is 0 Å². The van der Waals surface area contributed by atoms with Crippen LogP contribution in [0.4, 0.5) is 5.69 Å². The fraction of sp³-hybridized carbons (Fsp3) is 0.214. The number of hydrogen-bond donors (Lipinski definition) is 0. The highest BCUT2D eigenvalue weighted by Crippen LogP contribution is 2.27. The molecule has 0 unspecified atom stereocenters. The van der Waals surface area contributed by atoms with Crippen LogP contribution in [0.1, 0.15) is 11.1 Å². The van der Waals surface area contributed by atoms with Crippen molar-refractivity contribution in [3.05, 3.63) is 58.9 Å². The maximum absolute atomic E-state index is 6.29. The molecular weight excluding hydrogens is 312 g/mol. The highest BCUT2D eigenvalue weighted by atomic mass is 79.9. The number of benzene rings is 1. The zero-order valence-electron chi connectivity index (χ0n) is 10.1. The van der Waals surface area contributed by atoms with Crippen molar-refractivity contribution in [1.82, 2.24) is 4.98 Å². The molecule has 0 bridgehead atoms. The SMILES string of the molecule is CN(Cc1cccnc1)c1ccc(CBr)cc1Cl. The lowest BCUT2D eigenvalue weighted by Gasteiger charge is -2.21. The molecule has 0 saturated heterocycles. The molecule has 2 rings (SSSR count). The molecule has 1 aromatic heterocycles. The first-order valence-corrected chi connectivity index (χ1v) is 7.15. The first-order valence-electron chi connectivity index (χ1n) is 5.65. The Morgan fingerprint density at radius 2 is 2.11 bits per heavy atom. The molecule has 2 nitrogen and oxygen atoms in total. The molecule has 18 heavy (non-hydrogen) atoms. The summed E-state index contributed by atoms with van der Waals surface area (Å²) < 4.78 is 0. The average Bonchev–Trinajstić information content (AvgIpc) is 2.39. The molecule has 0 amide bonds. The van der Waals surface area contributed by atoms with E-state index < -0.39 is 0 Å². The summed E-state index contributed by atoms with van der Waals surface area (Å²) in [7, 11) is 2.03. The van der Waals surface area contributed by atoms with Crippen LogP contribution in [0.15, 0.2) is 42.7 Å². The zero-order valence-corrected chi connectivity index (χ0v) is 12.4. The Morgan fingerprint density at radius 1 is 1.28 bits per heavy atom. The van der Waals surface area contributed by atoms with Gasteiger partial charge in [-0.1, -0.05) is 39.7 Å². The molecule has 0 aliphatic rings. The van der Waals surface area contributed by atoms with Gasteiger partial charge in [0.05, 0.1) is 10.7 Å². The van der Waals surface area contributed by atoms with Gasteiger partial charge in [0.15, 0.2) is 0 Å². The maximum atomic E-state index is 6.29. The minimum Gasteiger partial charge on any atom is -0.369 e. The summed E-state index contributed by atoms with van der Waals surface area (Å²) in [6, 6.07) is 10.1. The van der Waals surface area contributed by atoms with E-state index in [0.29, 0.717) is 0 Å². The third-order valence-electron chi connectivity index (χ3n) is 2.72. The molecule has 2 aromatic rings. The molecule has 0 N–H and O–H groups in total. The van der Waals surface area contributed by atoms with Crippen LogP contribution in [0.2, 0.25) is 5.02 Å². The van der Waals surface area contributed by atoms with Crippen molar-refractivity contribution in [1.29, 1.82) is 0 Å². The van der Waals surface area contributed by atoms with E-state index in [1.165, 1.54) is 11.1 Å². The molecule has 0 saturated carbocycles. The van der Waals surface area contributed by atoms with Gasteiger partial charge >= 0.3 is 0 Å². The largest absolute Gasteiger partial charge is 0.369 e. The smallest absolute Gasteiger partial charge is 0.0642 e. The van der Waals surface area contributed by atoms with Gasteiger partial charge in [0.1, 0.15) is 0 Å². The van der Waals surface area contributed by atoms with Crippen molar-refractivity contribution in [3.63, 3.8) is 0 Å². The number of anilines is 1. The van der Waals surface area contributed by atoms with Gasteiger partial charge < -0.3 is 4.90 Å². The Labute approximate surface area is 121 Å². The highest BCUT2D eigenvalue weighted by Gasteiger charge is 2.07.